The van der Waals surface area contributed by atoms with E-state index in [1.165, 1.54) is 12.3 Å². The molecule has 0 atom stereocenters. The van der Waals surface area contributed by atoms with Crippen LogP contribution < -0.4 is 10.1 Å². The van der Waals surface area contributed by atoms with Crippen LogP contribution in [-0.2, 0) is 0 Å². The first-order chi connectivity index (χ1) is 15.4. The van der Waals surface area contributed by atoms with Crippen LogP contribution in [0.4, 0.5) is 5.69 Å². The van der Waals surface area contributed by atoms with Gasteiger partial charge in [-0.3, -0.25) is 4.79 Å². The number of halogens is 1. The molecular weight excluding hydrogens is 430 g/mol. The number of anilines is 1. The molecule has 0 radical (unpaired) electrons. The molecule has 2 aromatic heterocycles. The molecule has 1 amide bonds. The zero-order chi connectivity index (χ0) is 22.7. The highest BCUT2D eigenvalue weighted by Crippen LogP contribution is 2.27. The maximum Gasteiger partial charge on any atom is 0.354 e. The third-order valence-corrected chi connectivity index (χ3v) is 5.14. The summed E-state index contributed by atoms with van der Waals surface area (Å²) in [5, 5.41) is 12.4. The van der Waals surface area contributed by atoms with Crippen molar-refractivity contribution in [3.05, 3.63) is 95.0 Å². The standard InChI is InChI=1S/C24H18ClN3O4/c1-14-2-5-17(11-20(14)25)28-23(29)21-10-16(13-27-21)15-3-6-18(7-4-15)32-19-8-9-26-22(12-19)24(30)31/h2-13,27H,1H3,(H,28,29)(H,30,31). The van der Waals surface area contributed by atoms with Crippen molar-refractivity contribution in [3.63, 3.8) is 0 Å². The van der Waals surface area contributed by atoms with Crippen LogP contribution in [0.15, 0.2) is 73.1 Å². The fraction of sp³-hybridized carbons (Fsp3) is 0.0417. The Balaban J connectivity index is 1.44. The van der Waals surface area contributed by atoms with E-state index >= 15 is 0 Å². The van der Waals surface area contributed by atoms with E-state index in [9.17, 15) is 9.59 Å². The summed E-state index contributed by atoms with van der Waals surface area (Å²) >= 11 is 6.11. The predicted octanol–water partition coefficient (Wildman–Crippen LogP) is 5.78. The topological polar surface area (TPSA) is 104 Å². The minimum atomic E-state index is -1.12. The van der Waals surface area contributed by atoms with Gasteiger partial charge < -0.3 is 20.1 Å². The predicted molar refractivity (Wildman–Crippen MR) is 122 cm³/mol. The Hall–Kier alpha value is -4.10. The van der Waals surface area contributed by atoms with Gasteiger partial charge in [0, 0.05) is 29.2 Å². The molecule has 32 heavy (non-hydrogen) atoms. The van der Waals surface area contributed by atoms with Crippen LogP contribution in [0.5, 0.6) is 11.5 Å². The number of H-pyrrole nitrogens is 1. The molecule has 0 fully saturated rings. The van der Waals surface area contributed by atoms with Crippen molar-refractivity contribution >= 4 is 29.2 Å². The highest BCUT2D eigenvalue weighted by Gasteiger charge is 2.11. The Labute approximate surface area is 188 Å². The van der Waals surface area contributed by atoms with Crippen molar-refractivity contribution in [3.8, 4) is 22.6 Å². The number of carboxylic acid groups (broad SMARTS) is 1. The van der Waals surface area contributed by atoms with Crippen molar-refractivity contribution in [1.82, 2.24) is 9.97 Å². The Morgan fingerprint density at radius 3 is 2.50 bits per heavy atom. The third-order valence-electron chi connectivity index (χ3n) is 4.73. The average Bonchev–Trinajstić information content (AvgIpc) is 3.27. The summed E-state index contributed by atoms with van der Waals surface area (Å²) in [6.45, 7) is 1.89. The Morgan fingerprint density at radius 2 is 1.78 bits per heavy atom. The average molecular weight is 448 g/mol. The normalized spacial score (nSPS) is 10.6. The Bertz CT molecular complexity index is 1300. The second kappa shape index (κ2) is 8.95. The number of hydrogen-bond donors (Lipinski definition) is 3. The molecule has 0 aliphatic rings. The van der Waals surface area contributed by atoms with Gasteiger partial charge in [-0.25, -0.2) is 9.78 Å². The van der Waals surface area contributed by atoms with Crippen LogP contribution in [0.3, 0.4) is 0 Å². The summed E-state index contributed by atoms with van der Waals surface area (Å²) in [4.78, 5) is 30.3. The zero-order valence-electron chi connectivity index (χ0n) is 16.9. The number of pyridine rings is 1. The van der Waals surface area contributed by atoms with Crippen LogP contribution >= 0.6 is 11.6 Å². The number of benzene rings is 2. The molecule has 8 heteroatoms. The van der Waals surface area contributed by atoms with Crippen molar-refractivity contribution in [2.45, 2.75) is 6.92 Å². The molecule has 0 bridgehead atoms. The third kappa shape index (κ3) is 4.79. The van der Waals surface area contributed by atoms with Crippen LogP contribution in [-0.4, -0.2) is 27.0 Å². The summed E-state index contributed by atoms with van der Waals surface area (Å²) < 4.78 is 5.70. The number of aromatic carboxylic acids is 1. The summed E-state index contributed by atoms with van der Waals surface area (Å²) in [5.41, 5.74) is 3.59. The lowest BCUT2D eigenvalue weighted by molar-refractivity contribution is 0.0690. The van der Waals surface area contributed by atoms with E-state index in [1.807, 2.05) is 25.1 Å². The first-order valence-corrected chi connectivity index (χ1v) is 10.0. The SMILES string of the molecule is Cc1ccc(NC(=O)c2cc(-c3ccc(Oc4ccnc(C(=O)O)c4)cc3)c[nH]2)cc1Cl. The molecule has 3 N–H and O–H groups in total. The number of aromatic amines is 1. The van der Waals surface area contributed by atoms with Gasteiger partial charge in [-0.15, -0.1) is 0 Å². The van der Waals surface area contributed by atoms with Gasteiger partial charge in [-0.1, -0.05) is 29.8 Å². The number of amides is 1. The quantitative estimate of drug-likeness (QED) is 0.347. The molecule has 2 heterocycles. The molecule has 4 rings (SSSR count). The largest absolute Gasteiger partial charge is 0.477 e. The molecule has 160 valence electrons. The second-order valence-corrected chi connectivity index (χ2v) is 7.44. The van der Waals surface area contributed by atoms with E-state index in [0.717, 1.165) is 16.7 Å². The van der Waals surface area contributed by atoms with E-state index in [4.69, 9.17) is 21.4 Å². The lowest BCUT2D eigenvalue weighted by Gasteiger charge is -2.07. The molecule has 0 spiro atoms. The van der Waals surface area contributed by atoms with Crippen molar-refractivity contribution in [2.75, 3.05) is 5.32 Å². The summed E-state index contributed by atoms with van der Waals surface area (Å²) in [7, 11) is 0. The van der Waals surface area contributed by atoms with Gasteiger partial charge in [0.2, 0.25) is 0 Å². The van der Waals surface area contributed by atoms with E-state index in [0.29, 0.717) is 27.9 Å². The second-order valence-electron chi connectivity index (χ2n) is 7.03. The van der Waals surface area contributed by atoms with Crippen molar-refractivity contribution in [2.24, 2.45) is 0 Å². The van der Waals surface area contributed by atoms with Gasteiger partial charge in [0.1, 0.15) is 17.2 Å². The monoisotopic (exact) mass is 447 g/mol. The molecule has 2 aromatic carbocycles. The lowest BCUT2D eigenvalue weighted by atomic mass is 10.1. The molecule has 0 aliphatic heterocycles. The molecule has 7 nitrogen and oxygen atoms in total. The number of hydrogen-bond acceptors (Lipinski definition) is 4. The number of rotatable bonds is 6. The number of nitrogens with one attached hydrogen (secondary N) is 2. The van der Waals surface area contributed by atoms with Crippen LogP contribution in [0.1, 0.15) is 26.5 Å². The number of carbonyl (C=O) groups is 2. The number of aromatic nitrogens is 2. The summed E-state index contributed by atoms with van der Waals surface area (Å²) in [6.07, 6.45) is 3.12. The van der Waals surface area contributed by atoms with E-state index in [2.05, 4.69) is 15.3 Å². The molecular formula is C24H18ClN3O4. The van der Waals surface area contributed by atoms with Gasteiger partial charge in [0.05, 0.1) is 0 Å². The summed E-state index contributed by atoms with van der Waals surface area (Å²) in [6, 6.07) is 17.3. The fourth-order valence-electron chi connectivity index (χ4n) is 3.00. The van der Waals surface area contributed by atoms with Crippen LogP contribution in [0.2, 0.25) is 5.02 Å². The van der Waals surface area contributed by atoms with Gasteiger partial charge in [0.25, 0.3) is 5.91 Å². The highest BCUT2D eigenvalue weighted by molar-refractivity contribution is 6.31. The Morgan fingerprint density at radius 1 is 1.00 bits per heavy atom. The van der Waals surface area contributed by atoms with Gasteiger partial charge >= 0.3 is 5.97 Å². The van der Waals surface area contributed by atoms with Gasteiger partial charge in [-0.2, -0.15) is 0 Å². The number of aryl methyl sites for hydroxylation is 1. The number of ether oxygens (including phenoxy) is 1. The minimum absolute atomic E-state index is 0.0924. The molecule has 0 unspecified atom stereocenters. The molecule has 4 aromatic rings. The minimum Gasteiger partial charge on any atom is -0.477 e. The maximum atomic E-state index is 12.5. The van der Waals surface area contributed by atoms with Crippen molar-refractivity contribution < 1.29 is 19.4 Å². The van der Waals surface area contributed by atoms with Crippen LogP contribution in [0, 0.1) is 6.92 Å². The molecule has 0 aliphatic carbocycles. The fourth-order valence-corrected chi connectivity index (χ4v) is 3.18. The zero-order valence-corrected chi connectivity index (χ0v) is 17.7. The van der Waals surface area contributed by atoms with E-state index in [-0.39, 0.29) is 11.6 Å². The smallest absolute Gasteiger partial charge is 0.354 e. The first-order valence-electron chi connectivity index (χ1n) is 9.62. The number of carbonyl (C=O) groups excluding carboxylic acids is 1. The number of carboxylic acids is 1. The first kappa shape index (κ1) is 21.1. The molecule has 0 saturated carbocycles. The highest BCUT2D eigenvalue weighted by atomic mass is 35.5. The van der Waals surface area contributed by atoms with Gasteiger partial charge in [-0.05, 0) is 60.0 Å². The van der Waals surface area contributed by atoms with E-state index in [1.54, 1.807) is 42.6 Å². The van der Waals surface area contributed by atoms with Gasteiger partial charge in [0.15, 0.2) is 5.69 Å². The van der Waals surface area contributed by atoms with Crippen LogP contribution in [0.25, 0.3) is 11.1 Å². The maximum absolute atomic E-state index is 12.5. The van der Waals surface area contributed by atoms with E-state index < -0.39 is 5.97 Å². The molecule has 0 saturated heterocycles. The summed E-state index contributed by atoms with van der Waals surface area (Å²) in [5.74, 6) is -0.477. The van der Waals surface area contributed by atoms with Crippen molar-refractivity contribution in [1.29, 1.82) is 0 Å². The lowest BCUT2D eigenvalue weighted by Crippen LogP contribution is -2.12. The number of nitrogens with zero attached hydrogens (tertiary/aromatic N) is 1. The Kier molecular flexibility index (Phi) is 5.91.